The van der Waals surface area contributed by atoms with E-state index < -0.39 is 41.2 Å². The van der Waals surface area contributed by atoms with Crippen molar-refractivity contribution in [2.75, 3.05) is 0 Å². The number of unbranched alkanes of at least 4 members (excludes halogenated alkanes) is 1. The average molecular weight is 426 g/mol. The molecule has 3 heterocycles. The van der Waals surface area contributed by atoms with Crippen LogP contribution in [0.2, 0.25) is 0 Å². The Morgan fingerprint density at radius 1 is 1.16 bits per heavy atom. The zero-order chi connectivity index (χ0) is 22.5. The van der Waals surface area contributed by atoms with Gasteiger partial charge < -0.3 is 5.11 Å². The molecule has 4 rings (SSSR count). The third-order valence-electron chi connectivity index (χ3n) is 6.71. The minimum atomic E-state index is -1.60. The third kappa shape index (κ3) is 2.95. The van der Waals surface area contributed by atoms with Gasteiger partial charge in [-0.15, -0.1) is 0 Å². The summed E-state index contributed by atoms with van der Waals surface area (Å²) in [6.45, 7) is 3.69. The molecule has 2 aliphatic heterocycles. The van der Waals surface area contributed by atoms with Gasteiger partial charge >= 0.3 is 5.97 Å². The van der Waals surface area contributed by atoms with E-state index in [0.29, 0.717) is 23.4 Å². The number of carbonyl (C=O) groups excluding carboxylic acids is 2. The van der Waals surface area contributed by atoms with Gasteiger partial charge in [-0.05, 0) is 25.5 Å². The fourth-order valence-corrected chi connectivity index (χ4v) is 5.11. The molecule has 9 nitrogen and oxygen atoms in total. The summed E-state index contributed by atoms with van der Waals surface area (Å²) in [5.41, 5.74) is -0.374. The van der Waals surface area contributed by atoms with Crippen molar-refractivity contribution in [1.29, 1.82) is 0 Å². The van der Waals surface area contributed by atoms with Crippen LogP contribution in [-0.2, 0) is 21.4 Å². The molecule has 1 aromatic heterocycles. The van der Waals surface area contributed by atoms with Gasteiger partial charge in [0.05, 0.1) is 29.1 Å². The minimum Gasteiger partial charge on any atom is -0.480 e. The molecule has 164 valence electrons. The second-order valence-electron chi connectivity index (χ2n) is 8.33. The Morgan fingerprint density at radius 2 is 1.84 bits per heavy atom. The molecule has 0 bridgehead atoms. The van der Waals surface area contributed by atoms with Gasteiger partial charge in [0.2, 0.25) is 11.8 Å². The lowest BCUT2D eigenvalue weighted by Gasteiger charge is -2.29. The van der Waals surface area contributed by atoms with E-state index in [2.05, 4.69) is 10.6 Å². The van der Waals surface area contributed by atoms with E-state index in [1.165, 1.54) is 4.68 Å². The largest absolute Gasteiger partial charge is 0.480 e. The highest BCUT2D eigenvalue weighted by Crippen LogP contribution is 2.48. The number of nitrogens with one attached hydrogen (secondary N) is 2. The molecule has 0 spiro atoms. The number of aliphatic carboxylic acids is 1. The average Bonchev–Trinajstić information content (AvgIpc) is 3.31. The first-order valence-corrected chi connectivity index (χ1v) is 10.4. The Labute approximate surface area is 179 Å². The predicted octanol–water partition coefficient (Wildman–Crippen LogP) is 1.03. The molecule has 2 saturated heterocycles. The Morgan fingerprint density at radius 3 is 2.45 bits per heavy atom. The number of hydrogen-bond acceptors (Lipinski definition) is 5. The number of nitrogens with zero attached hydrogens (tertiary/aromatic N) is 2. The van der Waals surface area contributed by atoms with E-state index >= 15 is 0 Å². The van der Waals surface area contributed by atoms with Crippen LogP contribution < -0.4 is 16.2 Å². The highest BCUT2D eigenvalue weighted by molar-refractivity contribution is 6.09. The van der Waals surface area contributed by atoms with Gasteiger partial charge in [-0.3, -0.25) is 34.5 Å². The molecule has 9 heteroatoms. The number of carboxylic acid groups (broad SMARTS) is 1. The SMILES string of the molecule is CCCCC1(C(=O)O)NC(c2c(C)n(C)n(-c3ccccc3)c2=O)C2C(=O)NC(=O)C21. The van der Waals surface area contributed by atoms with E-state index in [4.69, 9.17) is 0 Å². The van der Waals surface area contributed by atoms with Crippen LogP contribution in [0.25, 0.3) is 5.69 Å². The molecule has 31 heavy (non-hydrogen) atoms. The molecule has 0 saturated carbocycles. The number of rotatable bonds is 6. The summed E-state index contributed by atoms with van der Waals surface area (Å²) < 4.78 is 3.17. The summed E-state index contributed by atoms with van der Waals surface area (Å²) in [6.07, 6.45) is 1.49. The molecule has 1 aromatic carbocycles. The van der Waals surface area contributed by atoms with Crippen LogP contribution in [0.3, 0.4) is 0 Å². The van der Waals surface area contributed by atoms with Gasteiger partial charge in [0.25, 0.3) is 5.56 Å². The highest BCUT2D eigenvalue weighted by Gasteiger charge is 2.66. The normalized spacial score (nSPS) is 27.4. The van der Waals surface area contributed by atoms with E-state index in [1.807, 2.05) is 25.1 Å². The van der Waals surface area contributed by atoms with Crippen LogP contribution in [0.15, 0.2) is 35.1 Å². The van der Waals surface area contributed by atoms with Crippen molar-refractivity contribution in [2.24, 2.45) is 18.9 Å². The topological polar surface area (TPSA) is 122 Å². The van der Waals surface area contributed by atoms with Gasteiger partial charge in [-0.1, -0.05) is 38.0 Å². The zero-order valence-electron chi connectivity index (χ0n) is 17.7. The van der Waals surface area contributed by atoms with E-state index in [1.54, 1.807) is 30.8 Å². The Hall–Kier alpha value is -3.20. The van der Waals surface area contributed by atoms with E-state index in [9.17, 15) is 24.3 Å². The molecule has 2 aromatic rings. The maximum atomic E-state index is 13.5. The van der Waals surface area contributed by atoms with Gasteiger partial charge in [0.1, 0.15) is 5.54 Å². The smallest absolute Gasteiger partial charge is 0.324 e. The Balaban J connectivity index is 1.89. The van der Waals surface area contributed by atoms with Gasteiger partial charge in [-0.25, -0.2) is 4.68 Å². The van der Waals surface area contributed by atoms with Crippen molar-refractivity contribution in [3.05, 3.63) is 51.9 Å². The number of fused-ring (bicyclic) bond motifs is 1. The summed E-state index contributed by atoms with van der Waals surface area (Å²) in [7, 11) is 1.74. The summed E-state index contributed by atoms with van der Waals surface area (Å²) in [5.74, 6) is -4.35. The molecule has 2 amide bonds. The van der Waals surface area contributed by atoms with Crippen LogP contribution in [0, 0.1) is 18.8 Å². The molecule has 2 fully saturated rings. The summed E-state index contributed by atoms with van der Waals surface area (Å²) in [4.78, 5) is 51.3. The number of benzene rings is 1. The molecular weight excluding hydrogens is 400 g/mol. The van der Waals surface area contributed by atoms with Crippen molar-refractivity contribution in [1.82, 2.24) is 20.0 Å². The van der Waals surface area contributed by atoms with Crippen molar-refractivity contribution < 1.29 is 19.5 Å². The van der Waals surface area contributed by atoms with Crippen molar-refractivity contribution in [2.45, 2.75) is 44.7 Å². The second kappa shape index (κ2) is 7.49. The number of para-hydroxylation sites is 1. The third-order valence-corrected chi connectivity index (χ3v) is 6.71. The number of imide groups is 1. The lowest BCUT2D eigenvalue weighted by molar-refractivity contribution is -0.149. The van der Waals surface area contributed by atoms with Crippen molar-refractivity contribution in [3.8, 4) is 5.69 Å². The van der Waals surface area contributed by atoms with Crippen LogP contribution in [0.5, 0.6) is 0 Å². The van der Waals surface area contributed by atoms with Gasteiger partial charge in [0, 0.05) is 12.7 Å². The molecule has 4 atom stereocenters. The Kier molecular flexibility index (Phi) is 5.09. The van der Waals surface area contributed by atoms with Crippen LogP contribution in [-0.4, -0.2) is 37.8 Å². The fraction of sp³-hybridized carbons (Fsp3) is 0.455. The molecule has 4 unspecified atom stereocenters. The second-order valence-corrected chi connectivity index (χ2v) is 8.33. The summed E-state index contributed by atoms with van der Waals surface area (Å²) >= 11 is 0. The first-order valence-electron chi connectivity index (χ1n) is 10.4. The molecule has 0 radical (unpaired) electrons. The molecular formula is C22H26N4O5. The number of aromatic nitrogens is 2. The van der Waals surface area contributed by atoms with Crippen LogP contribution in [0.4, 0.5) is 0 Å². The van der Waals surface area contributed by atoms with E-state index in [-0.39, 0.29) is 12.0 Å². The van der Waals surface area contributed by atoms with E-state index in [0.717, 1.165) is 6.42 Å². The molecule has 0 aliphatic carbocycles. The van der Waals surface area contributed by atoms with Crippen molar-refractivity contribution in [3.63, 3.8) is 0 Å². The zero-order valence-corrected chi connectivity index (χ0v) is 17.7. The highest BCUT2D eigenvalue weighted by atomic mass is 16.4. The van der Waals surface area contributed by atoms with Gasteiger partial charge in [0.15, 0.2) is 0 Å². The summed E-state index contributed by atoms with van der Waals surface area (Å²) in [6, 6.07) is 8.19. The number of carbonyl (C=O) groups is 3. The number of amides is 2. The number of carboxylic acids is 1. The van der Waals surface area contributed by atoms with Crippen LogP contribution >= 0.6 is 0 Å². The molecule has 2 aliphatic rings. The summed E-state index contributed by atoms with van der Waals surface area (Å²) in [5, 5.41) is 15.5. The number of hydrogen-bond donors (Lipinski definition) is 3. The standard InChI is InChI=1S/C22H26N4O5/c1-4-5-11-22(21(30)31)16-15(18(27)23-19(16)28)17(24-22)14-12(2)25(3)26(20(14)29)13-9-7-6-8-10-13/h6-10,15-17,24H,4-5,11H2,1-3H3,(H,30,31)(H,23,27,28). The monoisotopic (exact) mass is 426 g/mol. The predicted molar refractivity (Wildman–Crippen MR) is 112 cm³/mol. The Bertz CT molecular complexity index is 1120. The van der Waals surface area contributed by atoms with Crippen molar-refractivity contribution >= 4 is 17.8 Å². The minimum absolute atomic E-state index is 0.190. The van der Waals surface area contributed by atoms with Gasteiger partial charge in [-0.2, -0.15) is 0 Å². The lowest BCUT2D eigenvalue weighted by Crippen LogP contribution is -2.55. The quantitative estimate of drug-likeness (QED) is 0.593. The maximum absolute atomic E-state index is 13.5. The van der Waals surface area contributed by atoms with Crippen LogP contribution in [0.1, 0.15) is 43.5 Å². The maximum Gasteiger partial charge on any atom is 0.324 e. The first-order chi connectivity index (χ1) is 14.7. The first kappa shape index (κ1) is 21.0. The molecule has 3 N–H and O–H groups in total. The lowest BCUT2D eigenvalue weighted by atomic mass is 9.76. The fourth-order valence-electron chi connectivity index (χ4n) is 5.11.